The molecule has 1 aromatic carbocycles. The van der Waals surface area contributed by atoms with Gasteiger partial charge in [-0.15, -0.1) is 0 Å². The van der Waals surface area contributed by atoms with Crippen LogP contribution in [0.3, 0.4) is 0 Å². The summed E-state index contributed by atoms with van der Waals surface area (Å²) in [6.45, 7) is 3.82. The highest BCUT2D eigenvalue weighted by molar-refractivity contribution is 7.62. The van der Waals surface area contributed by atoms with E-state index in [-0.39, 0.29) is 29.2 Å². The molecule has 0 fully saturated rings. The molecule has 0 spiro atoms. The fourth-order valence-electron chi connectivity index (χ4n) is 1.68. The highest BCUT2D eigenvalue weighted by Crippen LogP contribution is 2.47. The molecule has 0 unspecified atom stereocenters. The van der Waals surface area contributed by atoms with Crippen molar-refractivity contribution in [3.8, 4) is 0 Å². The van der Waals surface area contributed by atoms with Crippen LogP contribution in [0.1, 0.15) is 13.8 Å². The van der Waals surface area contributed by atoms with Gasteiger partial charge >= 0.3 is 7.60 Å². The first-order chi connectivity index (χ1) is 9.00. The van der Waals surface area contributed by atoms with E-state index in [1.54, 1.807) is 19.9 Å². The van der Waals surface area contributed by atoms with Gasteiger partial charge in [0.15, 0.2) is 10.9 Å². The Morgan fingerprint density at radius 2 is 2.00 bits per heavy atom. The molecule has 1 aromatic heterocycles. The fourth-order valence-corrected chi connectivity index (χ4v) is 4.16. The van der Waals surface area contributed by atoms with Crippen molar-refractivity contribution in [1.82, 2.24) is 4.98 Å². The molecular weight excluding hydrogens is 290 g/mol. The number of hydrogen-bond donors (Lipinski definition) is 1. The van der Waals surface area contributed by atoms with Crippen molar-refractivity contribution in [2.45, 2.75) is 13.8 Å². The molecule has 2 aromatic rings. The quantitative estimate of drug-likeness (QED) is 0.860. The molecule has 0 aliphatic heterocycles. The number of nitrogens with zero attached hydrogens (tertiary/aromatic N) is 1. The van der Waals surface area contributed by atoms with Gasteiger partial charge in [0, 0.05) is 0 Å². The third kappa shape index (κ3) is 2.79. The minimum atomic E-state index is -3.50. The Kier molecular flexibility index (Phi) is 4.20. The third-order valence-corrected chi connectivity index (χ3v) is 5.28. The van der Waals surface area contributed by atoms with Crippen molar-refractivity contribution < 1.29 is 18.0 Å². The molecule has 0 radical (unpaired) electrons. The lowest BCUT2D eigenvalue weighted by Gasteiger charge is -2.17. The van der Waals surface area contributed by atoms with E-state index in [0.717, 1.165) is 17.4 Å². The predicted molar refractivity (Wildman–Crippen MR) is 74.5 cm³/mol. The van der Waals surface area contributed by atoms with Gasteiger partial charge < -0.3 is 14.8 Å². The van der Waals surface area contributed by atoms with Crippen LogP contribution in [0.15, 0.2) is 12.1 Å². The van der Waals surface area contributed by atoms with Gasteiger partial charge in [-0.1, -0.05) is 11.3 Å². The highest BCUT2D eigenvalue weighted by Gasteiger charge is 2.28. The zero-order chi connectivity index (χ0) is 14.0. The summed E-state index contributed by atoms with van der Waals surface area (Å²) in [6, 6.07) is 2.69. The Balaban J connectivity index is 2.57. The van der Waals surface area contributed by atoms with Crippen LogP contribution in [0.4, 0.5) is 9.52 Å². The van der Waals surface area contributed by atoms with Gasteiger partial charge in [0.25, 0.3) is 0 Å². The minimum Gasteiger partial charge on any atom is -0.375 e. The van der Waals surface area contributed by atoms with Gasteiger partial charge in [-0.3, -0.25) is 4.57 Å². The second-order valence-electron chi connectivity index (χ2n) is 3.66. The Morgan fingerprint density at radius 1 is 1.37 bits per heavy atom. The van der Waals surface area contributed by atoms with E-state index in [1.807, 2.05) is 0 Å². The van der Waals surface area contributed by atoms with Gasteiger partial charge in [0.1, 0.15) is 5.52 Å². The van der Waals surface area contributed by atoms with Crippen LogP contribution in [0, 0.1) is 5.82 Å². The summed E-state index contributed by atoms with van der Waals surface area (Å²) in [6.07, 6.45) is 0. The second kappa shape index (κ2) is 5.54. The zero-order valence-electron chi connectivity index (χ0n) is 10.6. The number of rotatable bonds is 5. The minimum absolute atomic E-state index is 0.172. The van der Waals surface area contributed by atoms with Gasteiger partial charge in [-0.05, 0) is 26.0 Å². The summed E-state index contributed by atoms with van der Waals surface area (Å²) in [5.74, 6) is -0.583. The Labute approximate surface area is 114 Å². The number of halogens is 1. The molecule has 1 heterocycles. The molecule has 0 bridgehead atoms. The summed E-state index contributed by atoms with van der Waals surface area (Å²) in [5.41, 5.74) is 5.72. The van der Waals surface area contributed by atoms with Crippen molar-refractivity contribution in [2.24, 2.45) is 0 Å². The van der Waals surface area contributed by atoms with Gasteiger partial charge in [-0.25, -0.2) is 9.37 Å². The SMILES string of the molecule is CCOP(=O)(OCC)c1cc(F)c2nc(N)sc2c1. The maximum atomic E-state index is 13.9. The molecule has 8 heteroatoms. The van der Waals surface area contributed by atoms with Crippen LogP contribution < -0.4 is 11.0 Å². The first-order valence-electron chi connectivity index (χ1n) is 5.75. The van der Waals surface area contributed by atoms with E-state index in [9.17, 15) is 8.96 Å². The number of nitrogen functional groups attached to an aromatic ring is 1. The van der Waals surface area contributed by atoms with Crippen LogP contribution >= 0.6 is 18.9 Å². The zero-order valence-corrected chi connectivity index (χ0v) is 12.3. The Hall–Kier alpha value is -1.01. The average molecular weight is 304 g/mol. The van der Waals surface area contributed by atoms with E-state index in [2.05, 4.69) is 4.98 Å². The summed E-state index contributed by atoms with van der Waals surface area (Å²) < 4.78 is 37.4. The first-order valence-corrected chi connectivity index (χ1v) is 8.11. The number of nitrogens with two attached hydrogens (primary N) is 1. The van der Waals surface area contributed by atoms with Crippen LogP contribution in [0.25, 0.3) is 10.2 Å². The molecule has 0 saturated carbocycles. The normalized spacial score (nSPS) is 12.2. The van der Waals surface area contributed by atoms with Crippen molar-refractivity contribution in [2.75, 3.05) is 18.9 Å². The van der Waals surface area contributed by atoms with E-state index in [4.69, 9.17) is 14.8 Å². The standard InChI is InChI=1S/C11H14FN2O3PS/c1-3-16-18(15,17-4-2)7-5-8(12)10-9(6-7)19-11(13)14-10/h5-6H,3-4H2,1-2H3,(H2,13,14). The highest BCUT2D eigenvalue weighted by atomic mass is 32.1. The topological polar surface area (TPSA) is 74.4 Å². The monoisotopic (exact) mass is 304 g/mol. The van der Waals surface area contributed by atoms with E-state index >= 15 is 0 Å². The molecule has 104 valence electrons. The lowest BCUT2D eigenvalue weighted by molar-refractivity contribution is 0.230. The molecule has 2 rings (SSSR count). The number of fused-ring (bicyclic) bond motifs is 1. The Bertz CT molecular complexity index is 636. The van der Waals surface area contributed by atoms with Crippen LogP contribution in [0.5, 0.6) is 0 Å². The number of hydrogen-bond acceptors (Lipinski definition) is 6. The van der Waals surface area contributed by atoms with Gasteiger partial charge in [0.05, 0.1) is 23.2 Å². The summed E-state index contributed by atoms with van der Waals surface area (Å²) >= 11 is 1.13. The first kappa shape index (κ1) is 14.4. The smallest absolute Gasteiger partial charge is 0.361 e. The lowest BCUT2D eigenvalue weighted by Crippen LogP contribution is -2.11. The molecule has 0 amide bonds. The number of thiazole rings is 1. The van der Waals surface area contributed by atoms with Crippen molar-refractivity contribution in [1.29, 1.82) is 0 Å². The molecule has 0 saturated heterocycles. The third-order valence-electron chi connectivity index (χ3n) is 2.36. The lowest BCUT2D eigenvalue weighted by atomic mass is 10.3. The molecule has 0 aliphatic rings. The summed E-state index contributed by atoms with van der Waals surface area (Å²) in [4.78, 5) is 3.88. The van der Waals surface area contributed by atoms with E-state index in [1.165, 1.54) is 0 Å². The van der Waals surface area contributed by atoms with Gasteiger partial charge in [-0.2, -0.15) is 0 Å². The number of anilines is 1. The van der Waals surface area contributed by atoms with Crippen molar-refractivity contribution in [3.63, 3.8) is 0 Å². The largest absolute Gasteiger partial charge is 0.375 e. The van der Waals surface area contributed by atoms with Crippen LogP contribution in [-0.4, -0.2) is 18.2 Å². The van der Waals surface area contributed by atoms with Crippen LogP contribution in [-0.2, 0) is 13.6 Å². The van der Waals surface area contributed by atoms with Crippen LogP contribution in [0.2, 0.25) is 0 Å². The van der Waals surface area contributed by atoms with E-state index in [0.29, 0.717) is 4.70 Å². The summed E-state index contributed by atoms with van der Waals surface area (Å²) in [5, 5.41) is 0.443. The van der Waals surface area contributed by atoms with E-state index < -0.39 is 13.4 Å². The molecule has 2 N–H and O–H groups in total. The fraction of sp³-hybridized carbons (Fsp3) is 0.364. The summed E-state index contributed by atoms with van der Waals surface area (Å²) in [7, 11) is -3.50. The van der Waals surface area contributed by atoms with Crippen molar-refractivity contribution >= 4 is 39.6 Å². The molecule has 0 atom stereocenters. The molecular formula is C11H14FN2O3PS. The Morgan fingerprint density at radius 3 is 2.58 bits per heavy atom. The molecule has 5 nitrogen and oxygen atoms in total. The number of benzene rings is 1. The predicted octanol–water partition coefficient (Wildman–Crippen LogP) is 2.91. The molecule has 19 heavy (non-hydrogen) atoms. The maximum Gasteiger partial charge on any atom is 0.361 e. The molecule has 0 aliphatic carbocycles. The maximum absolute atomic E-state index is 13.9. The average Bonchev–Trinajstić information content (AvgIpc) is 2.71. The van der Waals surface area contributed by atoms with Gasteiger partial charge in [0.2, 0.25) is 0 Å². The second-order valence-corrected chi connectivity index (χ2v) is 6.75. The van der Waals surface area contributed by atoms with Crippen molar-refractivity contribution in [3.05, 3.63) is 17.9 Å². The number of aromatic nitrogens is 1.